The molecule has 0 aromatic heterocycles. The summed E-state index contributed by atoms with van der Waals surface area (Å²) < 4.78 is 0. The summed E-state index contributed by atoms with van der Waals surface area (Å²) in [4.78, 5) is 33.2. The maximum absolute atomic E-state index is 11.6. The van der Waals surface area contributed by atoms with Gasteiger partial charge in [0, 0.05) is 18.2 Å². The van der Waals surface area contributed by atoms with E-state index in [2.05, 4.69) is 10.6 Å². The van der Waals surface area contributed by atoms with Crippen LogP contribution in [0.25, 0.3) is 0 Å². The van der Waals surface area contributed by atoms with E-state index in [9.17, 15) is 14.4 Å². The van der Waals surface area contributed by atoms with E-state index in [-0.39, 0.29) is 12.8 Å². The van der Waals surface area contributed by atoms with E-state index in [0.29, 0.717) is 11.8 Å². The zero-order chi connectivity index (χ0) is 15.0. The van der Waals surface area contributed by atoms with Crippen LogP contribution in [0.2, 0.25) is 0 Å². The molecule has 0 aromatic rings. The second kappa shape index (κ2) is 8.68. The van der Waals surface area contributed by atoms with Crippen molar-refractivity contribution in [2.24, 2.45) is 5.73 Å². The minimum atomic E-state index is -1.17. The van der Waals surface area contributed by atoms with Gasteiger partial charge in [-0.05, 0) is 25.0 Å². The first-order chi connectivity index (χ1) is 9.49. The number of carboxylic acids is 1. The second-order valence-corrected chi connectivity index (χ2v) is 6.15. The molecule has 0 spiro atoms. The zero-order valence-electron chi connectivity index (χ0n) is 11.3. The Morgan fingerprint density at radius 1 is 1.35 bits per heavy atom. The van der Waals surface area contributed by atoms with Crippen molar-refractivity contribution in [1.29, 1.82) is 0 Å². The smallest absolute Gasteiger partial charge is 0.326 e. The highest BCUT2D eigenvalue weighted by atomic mass is 32.2. The average molecular weight is 303 g/mol. The molecule has 3 amide bonds. The van der Waals surface area contributed by atoms with Crippen molar-refractivity contribution in [2.45, 2.75) is 43.4 Å². The van der Waals surface area contributed by atoms with Crippen LogP contribution in [-0.4, -0.2) is 46.6 Å². The fourth-order valence-corrected chi connectivity index (χ4v) is 3.17. The molecular weight excluding hydrogens is 282 g/mol. The third-order valence-electron chi connectivity index (χ3n) is 3.05. The lowest BCUT2D eigenvalue weighted by Crippen LogP contribution is -2.47. The van der Waals surface area contributed by atoms with E-state index >= 15 is 0 Å². The molecule has 0 saturated carbocycles. The van der Waals surface area contributed by atoms with Crippen LogP contribution in [0.15, 0.2) is 0 Å². The van der Waals surface area contributed by atoms with Gasteiger partial charge >= 0.3 is 12.0 Å². The normalized spacial score (nSPS) is 19.9. The predicted molar refractivity (Wildman–Crippen MR) is 76.5 cm³/mol. The first kappa shape index (κ1) is 16.6. The number of rotatable bonds is 7. The predicted octanol–water partition coefficient (Wildman–Crippen LogP) is 0.290. The van der Waals surface area contributed by atoms with Crippen LogP contribution in [0.3, 0.4) is 0 Å². The highest BCUT2D eigenvalue weighted by Crippen LogP contribution is 2.24. The molecule has 5 N–H and O–H groups in total. The number of carbonyl (C=O) groups is 3. The number of primary amides is 1. The Labute approximate surface area is 122 Å². The molecule has 2 atom stereocenters. The highest BCUT2D eigenvalue weighted by Gasteiger charge is 2.21. The number of urea groups is 1. The van der Waals surface area contributed by atoms with Crippen LogP contribution >= 0.6 is 11.8 Å². The Bertz CT molecular complexity index is 359. The van der Waals surface area contributed by atoms with Gasteiger partial charge in [0.15, 0.2) is 0 Å². The van der Waals surface area contributed by atoms with Crippen LogP contribution in [0, 0.1) is 0 Å². The van der Waals surface area contributed by atoms with Crippen molar-refractivity contribution in [3.8, 4) is 0 Å². The van der Waals surface area contributed by atoms with E-state index in [1.807, 2.05) is 11.8 Å². The summed E-state index contributed by atoms with van der Waals surface area (Å²) in [6.45, 7) is 0.526. The molecule has 20 heavy (non-hydrogen) atoms. The molecule has 1 aliphatic heterocycles. The van der Waals surface area contributed by atoms with E-state index in [1.165, 1.54) is 6.42 Å². The molecule has 0 radical (unpaired) electrons. The number of amides is 3. The van der Waals surface area contributed by atoms with Crippen LogP contribution in [0.1, 0.15) is 32.1 Å². The van der Waals surface area contributed by atoms with Crippen molar-refractivity contribution in [2.75, 3.05) is 12.3 Å². The van der Waals surface area contributed by atoms with Gasteiger partial charge in [-0.15, -0.1) is 0 Å². The largest absolute Gasteiger partial charge is 0.480 e. The molecule has 114 valence electrons. The molecule has 1 fully saturated rings. The SMILES string of the molecule is NC(=O)CC[C@H](NC(=O)NCC1CCCCS1)C(=O)O. The Kier molecular flexibility index (Phi) is 7.21. The van der Waals surface area contributed by atoms with Crippen LogP contribution < -0.4 is 16.4 Å². The maximum atomic E-state index is 11.6. The van der Waals surface area contributed by atoms with Crippen LogP contribution in [0.4, 0.5) is 4.79 Å². The monoisotopic (exact) mass is 303 g/mol. The molecule has 1 aliphatic rings. The van der Waals surface area contributed by atoms with Crippen molar-refractivity contribution in [3.63, 3.8) is 0 Å². The van der Waals surface area contributed by atoms with Gasteiger partial charge in [-0.2, -0.15) is 11.8 Å². The number of carboxylic acid groups (broad SMARTS) is 1. The topological polar surface area (TPSA) is 122 Å². The summed E-state index contributed by atoms with van der Waals surface area (Å²) in [5.74, 6) is -0.657. The van der Waals surface area contributed by atoms with Crippen molar-refractivity contribution < 1.29 is 19.5 Å². The molecule has 1 saturated heterocycles. The molecule has 1 rings (SSSR count). The van der Waals surface area contributed by atoms with Gasteiger partial charge in [-0.3, -0.25) is 4.79 Å². The fourth-order valence-electron chi connectivity index (χ4n) is 1.93. The van der Waals surface area contributed by atoms with E-state index in [0.717, 1.165) is 18.6 Å². The van der Waals surface area contributed by atoms with Crippen LogP contribution in [0.5, 0.6) is 0 Å². The minimum Gasteiger partial charge on any atom is -0.480 e. The lowest BCUT2D eigenvalue weighted by Gasteiger charge is -2.22. The van der Waals surface area contributed by atoms with Gasteiger partial charge in [0.1, 0.15) is 6.04 Å². The lowest BCUT2D eigenvalue weighted by atomic mass is 10.1. The average Bonchev–Trinajstić information content (AvgIpc) is 2.41. The van der Waals surface area contributed by atoms with Gasteiger partial charge in [0.05, 0.1) is 0 Å². The Balaban J connectivity index is 2.29. The van der Waals surface area contributed by atoms with Gasteiger partial charge < -0.3 is 21.5 Å². The molecule has 1 unspecified atom stereocenters. The summed E-state index contributed by atoms with van der Waals surface area (Å²) in [7, 11) is 0. The zero-order valence-corrected chi connectivity index (χ0v) is 12.1. The second-order valence-electron chi connectivity index (χ2n) is 4.74. The molecule has 1 heterocycles. The van der Waals surface area contributed by atoms with Gasteiger partial charge in [0.2, 0.25) is 5.91 Å². The fraction of sp³-hybridized carbons (Fsp3) is 0.750. The first-order valence-electron chi connectivity index (χ1n) is 6.66. The Morgan fingerprint density at radius 3 is 2.65 bits per heavy atom. The first-order valence-corrected chi connectivity index (χ1v) is 7.71. The third kappa shape index (κ3) is 6.65. The number of carbonyl (C=O) groups excluding carboxylic acids is 2. The number of nitrogens with two attached hydrogens (primary N) is 1. The summed E-state index contributed by atoms with van der Waals surface area (Å²) in [6.07, 6.45) is 3.36. The standard InChI is InChI=1S/C12H21N3O4S/c13-10(16)5-4-9(11(17)18)15-12(19)14-7-8-3-1-2-6-20-8/h8-9H,1-7H2,(H2,13,16)(H,17,18)(H2,14,15,19)/t8?,9-/m0/s1. The minimum absolute atomic E-state index is 0.00371. The van der Waals surface area contributed by atoms with Gasteiger partial charge in [-0.1, -0.05) is 6.42 Å². The number of nitrogens with one attached hydrogen (secondary N) is 2. The van der Waals surface area contributed by atoms with Crippen LogP contribution in [-0.2, 0) is 9.59 Å². The van der Waals surface area contributed by atoms with E-state index in [4.69, 9.17) is 10.8 Å². The van der Waals surface area contributed by atoms with Crippen molar-refractivity contribution in [1.82, 2.24) is 10.6 Å². The third-order valence-corrected chi connectivity index (χ3v) is 4.45. The summed E-state index contributed by atoms with van der Waals surface area (Å²) in [5.41, 5.74) is 4.96. The van der Waals surface area contributed by atoms with Gasteiger partial charge in [-0.25, -0.2) is 9.59 Å². The summed E-state index contributed by atoms with van der Waals surface area (Å²) in [5, 5.41) is 14.4. The Morgan fingerprint density at radius 2 is 2.10 bits per heavy atom. The molecule has 0 bridgehead atoms. The maximum Gasteiger partial charge on any atom is 0.326 e. The quantitative estimate of drug-likeness (QED) is 0.538. The van der Waals surface area contributed by atoms with Crippen molar-refractivity contribution in [3.05, 3.63) is 0 Å². The lowest BCUT2D eigenvalue weighted by molar-refractivity contribution is -0.139. The molecule has 7 nitrogen and oxygen atoms in total. The van der Waals surface area contributed by atoms with Crippen molar-refractivity contribution >= 4 is 29.7 Å². The summed E-state index contributed by atoms with van der Waals surface area (Å²) in [6, 6.07) is -1.62. The van der Waals surface area contributed by atoms with E-state index in [1.54, 1.807) is 0 Å². The number of hydrogen-bond donors (Lipinski definition) is 4. The summed E-state index contributed by atoms with van der Waals surface area (Å²) >= 11 is 1.82. The molecule has 0 aromatic carbocycles. The van der Waals surface area contributed by atoms with Gasteiger partial charge in [0.25, 0.3) is 0 Å². The number of thioether (sulfide) groups is 1. The number of hydrogen-bond acceptors (Lipinski definition) is 4. The molecule has 8 heteroatoms. The number of aliphatic carboxylic acids is 1. The molecular formula is C12H21N3O4S. The highest BCUT2D eigenvalue weighted by molar-refractivity contribution is 7.99. The Hall–Kier alpha value is -1.44. The molecule has 0 aliphatic carbocycles. The van der Waals surface area contributed by atoms with E-state index < -0.39 is 23.9 Å².